The fourth-order valence-electron chi connectivity index (χ4n) is 5.13. The van der Waals surface area contributed by atoms with E-state index < -0.39 is 0 Å². The molecule has 0 saturated heterocycles. The van der Waals surface area contributed by atoms with Crippen LogP contribution in [-0.2, 0) is 18.0 Å². The molecule has 0 amide bonds. The molecule has 0 spiro atoms. The van der Waals surface area contributed by atoms with Crippen molar-refractivity contribution in [2.24, 2.45) is 0 Å². The Bertz CT molecular complexity index is 1330. The average Bonchev–Trinajstić information content (AvgIpc) is 2.97. The monoisotopic (exact) mass is 564 g/mol. The maximum Gasteiger partial charge on any atom is 0.0597 e. The van der Waals surface area contributed by atoms with Crippen molar-refractivity contribution in [1.82, 2.24) is 0 Å². The molecule has 0 N–H and O–H groups in total. The van der Waals surface area contributed by atoms with Crippen LogP contribution in [-0.4, -0.2) is 0 Å². The molecule has 0 saturated carbocycles. The van der Waals surface area contributed by atoms with Gasteiger partial charge in [0.2, 0.25) is 0 Å². The Hall–Kier alpha value is -2.99. The summed E-state index contributed by atoms with van der Waals surface area (Å²) in [5.41, 5.74) is 9.25. The van der Waals surface area contributed by atoms with E-state index in [1.807, 2.05) is 0 Å². The van der Waals surface area contributed by atoms with Crippen LogP contribution in [0.15, 0.2) is 140 Å². The summed E-state index contributed by atoms with van der Waals surface area (Å²) in [6.07, 6.45) is 4.62. The summed E-state index contributed by atoms with van der Waals surface area (Å²) < 4.78 is 0. The molecule has 1 atom stereocenters. The summed E-state index contributed by atoms with van der Waals surface area (Å²) in [7, 11) is 3.22. The van der Waals surface area contributed by atoms with Gasteiger partial charge < -0.3 is 0 Å². The quantitative estimate of drug-likeness (QED) is 0.0948. The summed E-state index contributed by atoms with van der Waals surface area (Å²) in [6, 6.07) is 50.5. The molecule has 0 radical (unpaired) electrons. The van der Waals surface area contributed by atoms with Gasteiger partial charge in [0, 0.05) is 0 Å². The van der Waals surface area contributed by atoms with Gasteiger partial charge in [-0.25, -0.2) is 0 Å². The highest BCUT2D eigenvalue weighted by Gasteiger charge is 2.33. The lowest BCUT2D eigenvalue weighted by Crippen LogP contribution is -2.22. The van der Waals surface area contributed by atoms with Crippen LogP contribution in [0, 0.1) is 0 Å². The van der Waals surface area contributed by atoms with Crippen LogP contribution < -0.4 is 0 Å². The lowest BCUT2D eigenvalue weighted by Gasteiger charge is -2.34. The highest BCUT2D eigenvalue weighted by Crippen LogP contribution is 2.48. The zero-order chi connectivity index (χ0) is 24.6. The van der Waals surface area contributed by atoms with Crippen LogP contribution in [0.3, 0.4) is 0 Å². The molecule has 186 valence electrons. The van der Waals surface area contributed by atoms with Gasteiger partial charge in [-0.3, -0.25) is 0 Å². The topological polar surface area (TPSA) is 0 Å². The average molecular weight is 566 g/mol. The summed E-state index contributed by atoms with van der Waals surface area (Å²) in [4.78, 5) is 0. The van der Waals surface area contributed by atoms with Gasteiger partial charge in [0.1, 0.15) is 0 Å². The van der Waals surface area contributed by atoms with E-state index in [0.717, 1.165) is 12.8 Å². The lowest BCUT2D eigenvalue weighted by molar-refractivity contribution is 0.734. The molecule has 5 aromatic carbocycles. The molecule has 37 heavy (non-hydrogen) atoms. The van der Waals surface area contributed by atoms with E-state index in [-0.39, 0.29) is 22.1 Å². The second kappa shape index (κ2) is 13.0. The van der Waals surface area contributed by atoms with E-state index in [9.17, 15) is 0 Å². The summed E-state index contributed by atoms with van der Waals surface area (Å²) >= 11 is 0. The third kappa shape index (κ3) is 6.30. The first-order valence-corrected chi connectivity index (χ1v) is 13.5. The van der Waals surface area contributed by atoms with Gasteiger partial charge in [-0.05, 0) is 64.6 Å². The zero-order valence-electron chi connectivity index (χ0n) is 21.1. The molecular weight excluding hydrogens is 531 g/mol. The second-order valence-corrected chi connectivity index (χ2v) is 10.3. The van der Waals surface area contributed by atoms with Crippen molar-refractivity contribution in [2.75, 3.05) is 0 Å². The van der Waals surface area contributed by atoms with E-state index in [4.69, 9.17) is 0 Å². The van der Waals surface area contributed by atoms with Crippen molar-refractivity contribution in [3.05, 3.63) is 167 Å². The second-order valence-electron chi connectivity index (χ2n) is 9.48. The highest BCUT2D eigenvalue weighted by molar-refractivity contribution is 8.93. The number of hydrogen-bond acceptors (Lipinski definition) is 0. The fraction of sp³-hybridized carbons (Fsp3) is 0.143. The van der Waals surface area contributed by atoms with E-state index in [1.54, 1.807) is 0 Å². The highest BCUT2D eigenvalue weighted by atomic mass is 79.9. The van der Waals surface area contributed by atoms with Crippen LogP contribution in [0.4, 0.5) is 0 Å². The Balaban J connectivity index is 0.00000320. The molecule has 0 nitrogen and oxygen atoms in total. The Morgan fingerprint density at radius 2 is 0.946 bits per heavy atom. The molecule has 1 unspecified atom stereocenters. The van der Waals surface area contributed by atoms with Crippen molar-refractivity contribution < 1.29 is 0 Å². The van der Waals surface area contributed by atoms with Gasteiger partial charge in [-0.15, -0.1) is 26.2 Å². The molecular formula is C35H34BrP. The molecule has 0 heterocycles. The van der Waals surface area contributed by atoms with Crippen molar-refractivity contribution in [3.8, 4) is 11.1 Å². The normalized spacial score (nSPS) is 11.1. The Morgan fingerprint density at radius 1 is 0.486 bits per heavy atom. The van der Waals surface area contributed by atoms with E-state index in [2.05, 4.69) is 149 Å². The summed E-state index contributed by atoms with van der Waals surface area (Å²) in [5.74, 6) is 0. The standard InChI is InChI=1S/C35H33P.BrH/c36-35(31-21-9-3-10-22-31,32-23-11-4-12-24-32)34-26-25-29(27-33(34)30-19-7-2-8-20-30)18-14-13-17-28-15-5-1-6-16-28;/h1-12,15-16,19-27H,13-14,17-18,36H2;1H. The SMILES string of the molecule is Br.PC(c1ccccc1)(c1ccccc1)c1ccc(CCCCc2ccccc2)cc1-c1ccccc1. The number of rotatable bonds is 9. The Morgan fingerprint density at radius 3 is 1.49 bits per heavy atom. The molecule has 0 aromatic heterocycles. The number of aryl methyl sites for hydroxylation is 2. The largest absolute Gasteiger partial charge is 0.117 e. The van der Waals surface area contributed by atoms with Gasteiger partial charge in [0.25, 0.3) is 0 Å². The van der Waals surface area contributed by atoms with Gasteiger partial charge in [-0.2, -0.15) is 0 Å². The summed E-state index contributed by atoms with van der Waals surface area (Å²) in [6.45, 7) is 0. The molecule has 0 aliphatic rings. The zero-order valence-corrected chi connectivity index (χ0v) is 24.0. The van der Waals surface area contributed by atoms with Crippen LogP contribution in [0.5, 0.6) is 0 Å². The predicted molar refractivity (Wildman–Crippen MR) is 168 cm³/mol. The minimum Gasteiger partial charge on any atom is -0.117 e. The number of hydrogen-bond donors (Lipinski definition) is 0. The fourth-order valence-corrected chi connectivity index (χ4v) is 5.77. The Labute approximate surface area is 234 Å². The van der Waals surface area contributed by atoms with Gasteiger partial charge in [0.05, 0.1) is 5.16 Å². The molecule has 0 aliphatic heterocycles. The van der Waals surface area contributed by atoms with Crippen LogP contribution >= 0.6 is 26.2 Å². The minimum atomic E-state index is -0.348. The Kier molecular flexibility index (Phi) is 9.51. The van der Waals surface area contributed by atoms with Gasteiger partial charge in [-0.1, -0.05) is 140 Å². The van der Waals surface area contributed by atoms with Gasteiger partial charge >= 0.3 is 0 Å². The molecule has 0 fully saturated rings. The third-order valence-corrected chi connectivity index (χ3v) is 8.05. The van der Waals surface area contributed by atoms with Crippen molar-refractivity contribution in [1.29, 1.82) is 0 Å². The van der Waals surface area contributed by atoms with Gasteiger partial charge in [0.15, 0.2) is 0 Å². The van der Waals surface area contributed by atoms with E-state index in [0.29, 0.717) is 0 Å². The molecule has 0 bridgehead atoms. The maximum absolute atomic E-state index is 3.22. The first kappa shape index (κ1) is 27.1. The number of benzene rings is 5. The van der Waals surface area contributed by atoms with Crippen molar-refractivity contribution in [3.63, 3.8) is 0 Å². The minimum absolute atomic E-state index is 0. The molecule has 2 heteroatoms. The van der Waals surface area contributed by atoms with Crippen molar-refractivity contribution in [2.45, 2.75) is 30.8 Å². The van der Waals surface area contributed by atoms with Crippen LogP contribution in [0.1, 0.15) is 40.7 Å². The van der Waals surface area contributed by atoms with E-state index >= 15 is 0 Å². The smallest absolute Gasteiger partial charge is 0.0597 e. The van der Waals surface area contributed by atoms with Crippen LogP contribution in [0.25, 0.3) is 11.1 Å². The molecule has 5 aromatic rings. The lowest BCUT2D eigenvalue weighted by atomic mass is 9.79. The number of halogens is 1. The molecule has 0 aliphatic carbocycles. The number of unbranched alkanes of at least 4 members (excludes halogenated alkanes) is 1. The first-order chi connectivity index (χ1) is 17.7. The van der Waals surface area contributed by atoms with Crippen molar-refractivity contribution >= 4 is 26.2 Å². The van der Waals surface area contributed by atoms with Crippen LogP contribution in [0.2, 0.25) is 0 Å². The van der Waals surface area contributed by atoms with E-state index in [1.165, 1.54) is 51.8 Å². The molecule has 5 rings (SSSR count). The third-order valence-electron chi connectivity index (χ3n) is 7.08. The predicted octanol–water partition coefficient (Wildman–Crippen LogP) is 9.66. The maximum atomic E-state index is 3.22. The summed E-state index contributed by atoms with van der Waals surface area (Å²) in [5, 5.41) is -0.348. The first-order valence-electron chi connectivity index (χ1n) is 12.9.